The van der Waals surface area contributed by atoms with Crippen molar-refractivity contribution < 1.29 is 13.2 Å². The molecule has 162 valence electrons. The molecule has 1 heterocycles. The smallest absolute Gasteiger partial charge is 0.251 e. The SMILES string of the molecule is Cc1cc(C(=O)NCC(c2ccccc2)N2CCCC2)cc(S(=O)(=O)N(C)C)c1C. The first-order valence-corrected chi connectivity index (χ1v) is 11.8. The van der Waals surface area contributed by atoms with Crippen molar-refractivity contribution >= 4 is 15.9 Å². The number of hydrogen-bond donors (Lipinski definition) is 1. The van der Waals surface area contributed by atoms with Gasteiger partial charge in [0.2, 0.25) is 10.0 Å². The zero-order valence-electron chi connectivity index (χ0n) is 18.2. The van der Waals surface area contributed by atoms with Crippen LogP contribution in [0.25, 0.3) is 0 Å². The minimum Gasteiger partial charge on any atom is -0.350 e. The van der Waals surface area contributed by atoms with Crippen molar-refractivity contribution in [1.82, 2.24) is 14.5 Å². The van der Waals surface area contributed by atoms with Crippen LogP contribution >= 0.6 is 0 Å². The normalized spacial score (nSPS) is 16.0. The molecule has 6 nitrogen and oxygen atoms in total. The maximum absolute atomic E-state index is 13.0. The number of nitrogens with zero attached hydrogens (tertiary/aromatic N) is 2. The average molecular weight is 430 g/mol. The molecule has 2 aromatic rings. The molecule has 0 spiro atoms. The Morgan fingerprint density at radius 1 is 1.10 bits per heavy atom. The van der Waals surface area contributed by atoms with Crippen LogP contribution < -0.4 is 5.32 Å². The molecule has 1 unspecified atom stereocenters. The van der Waals surface area contributed by atoms with Gasteiger partial charge in [0.05, 0.1) is 10.9 Å². The summed E-state index contributed by atoms with van der Waals surface area (Å²) in [6.07, 6.45) is 2.33. The minimum atomic E-state index is -3.63. The van der Waals surface area contributed by atoms with Crippen LogP contribution in [0.15, 0.2) is 47.4 Å². The van der Waals surface area contributed by atoms with Crippen LogP contribution in [0.2, 0.25) is 0 Å². The number of carbonyl (C=O) groups excluding carboxylic acids is 1. The van der Waals surface area contributed by atoms with Gasteiger partial charge in [-0.15, -0.1) is 0 Å². The van der Waals surface area contributed by atoms with E-state index in [0.29, 0.717) is 17.7 Å². The number of hydrogen-bond acceptors (Lipinski definition) is 4. The van der Waals surface area contributed by atoms with E-state index in [4.69, 9.17) is 0 Å². The fourth-order valence-electron chi connectivity index (χ4n) is 3.90. The van der Waals surface area contributed by atoms with Crippen molar-refractivity contribution in [3.05, 3.63) is 64.7 Å². The summed E-state index contributed by atoms with van der Waals surface area (Å²) in [5.41, 5.74) is 2.99. The molecule has 0 saturated carbocycles. The Morgan fingerprint density at radius 2 is 1.73 bits per heavy atom. The highest BCUT2D eigenvalue weighted by atomic mass is 32.2. The van der Waals surface area contributed by atoms with Crippen molar-refractivity contribution in [1.29, 1.82) is 0 Å². The van der Waals surface area contributed by atoms with Crippen LogP contribution in [-0.2, 0) is 10.0 Å². The van der Waals surface area contributed by atoms with Crippen LogP contribution in [0.1, 0.15) is 45.9 Å². The summed E-state index contributed by atoms with van der Waals surface area (Å²) in [7, 11) is -0.634. The van der Waals surface area contributed by atoms with E-state index < -0.39 is 10.0 Å². The highest BCUT2D eigenvalue weighted by molar-refractivity contribution is 7.89. The highest BCUT2D eigenvalue weighted by Crippen LogP contribution is 2.26. The standard InChI is InChI=1S/C23H31N3O3S/c1-17-14-20(15-22(18(17)2)30(28,29)25(3)4)23(27)24-16-21(26-12-8-9-13-26)19-10-6-5-7-11-19/h5-7,10-11,14-15,21H,8-9,12-13,16H2,1-4H3,(H,24,27). The predicted octanol–water partition coefficient (Wildman–Crippen LogP) is 3.12. The number of aryl methyl sites for hydroxylation is 1. The average Bonchev–Trinajstić information content (AvgIpc) is 3.25. The predicted molar refractivity (Wildman–Crippen MR) is 119 cm³/mol. The van der Waals surface area contributed by atoms with Gasteiger partial charge in [0.25, 0.3) is 5.91 Å². The molecule has 1 aliphatic heterocycles. The third-order valence-corrected chi connectivity index (χ3v) is 7.80. The largest absolute Gasteiger partial charge is 0.350 e. The number of nitrogens with one attached hydrogen (secondary N) is 1. The van der Waals surface area contributed by atoms with Crippen LogP contribution in [0.5, 0.6) is 0 Å². The number of likely N-dealkylation sites (tertiary alicyclic amines) is 1. The summed E-state index contributed by atoms with van der Waals surface area (Å²) < 4.78 is 26.6. The van der Waals surface area contributed by atoms with Gasteiger partial charge in [-0.25, -0.2) is 12.7 Å². The van der Waals surface area contributed by atoms with Gasteiger partial charge in [-0.1, -0.05) is 30.3 Å². The molecule has 3 rings (SSSR count). The van der Waals surface area contributed by atoms with Gasteiger partial charge in [0, 0.05) is 26.2 Å². The molecule has 0 aliphatic carbocycles. The molecule has 1 amide bonds. The molecule has 1 atom stereocenters. The molecule has 1 fully saturated rings. The summed E-state index contributed by atoms with van der Waals surface area (Å²) in [5.74, 6) is -0.256. The first-order valence-electron chi connectivity index (χ1n) is 10.3. The third-order valence-electron chi connectivity index (χ3n) is 5.86. The van der Waals surface area contributed by atoms with E-state index in [9.17, 15) is 13.2 Å². The van der Waals surface area contributed by atoms with Crippen LogP contribution in [0, 0.1) is 13.8 Å². The Balaban J connectivity index is 1.83. The van der Waals surface area contributed by atoms with Crippen LogP contribution in [0.3, 0.4) is 0 Å². The fraction of sp³-hybridized carbons (Fsp3) is 0.435. The molecular weight excluding hydrogens is 398 g/mol. The summed E-state index contributed by atoms with van der Waals surface area (Å²) in [4.78, 5) is 15.5. The molecule has 30 heavy (non-hydrogen) atoms. The van der Waals surface area contributed by atoms with Crippen molar-refractivity contribution in [2.24, 2.45) is 0 Å². The second-order valence-electron chi connectivity index (χ2n) is 8.08. The number of sulfonamides is 1. The van der Waals surface area contributed by atoms with Gasteiger partial charge in [-0.3, -0.25) is 9.69 Å². The van der Waals surface area contributed by atoms with Crippen molar-refractivity contribution in [3.8, 4) is 0 Å². The Kier molecular flexibility index (Phi) is 6.95. The van der Waals surface area contributed by atoms with E-state index in [-0.39, 0.29) is 16.8 Å². The zero-order valence-corrected chi connectivity index (χ0v) is 19.0. The Labute approximate surface area is 179 Å². The van der Waals surface area contributed by atoms with E-state index in [0.717, 1.165) is 18.7 Å². The van der Waals surface area contributed by atoms with Crippen molar-refractivity contribution in [2.45, 2.75) is 37.6 Å². The van der Waals surface area contributed by atoms with E-state index in [2.05, 4.69) is 22.3 Å². The molecule has 1 saturated heterocycles. The summed E-state index contributed by atoms with van der Waals surface area (Å²) in [6, 6.07) is 13.6. The molecule has 1 N–H and O–H groups in total. The van der Waals surface area contributed by atoms with Gasteiger partial charge in [0.15, 0.2) is 0 Å². The molecule has 2 aromatic carbocycles. The van der Waals surface area contributed by atoms with Gasteiger partial charge in [0.1, 0.15) is 0 Å². The number of rotatable bonds is 7. The number of benzene rings is 2. The van der Waals surface area contributed by atoms with Gasteiger partial charge < -0.3 is 5.32 Å². The first kappa shape index (κ1) is 22.5. The topological polar surface area (TPSA) is 69.7 Å². The van der Waals surface area contributed by atoms with Crippen LogP contribution in [-0.4, -0.2) is 57.3 Å². The molecule has 0 aromatic heterocycles. The fourth-order valence-corrected chi connectivity index (χ4v) is 5.12. The lowest BCUT2D eigenvalue weighted by atomic mass is 10.0. The Bertz CT molecular complexity index is 998. The van der Waals surface area contributed by atoms with Crippen molar-refractivity contribution in [2.75, 3.05) is 33.7 Å². The lowest BCUT2D eigenvalue weighted by Gasteiger charge is -2.28. The minimum absolute atomic E-state index is 0.106. The quantitative estimate of drug-likeness (QED) is 0.734. The summed E-state index contributed by atoms with van der Waals surface area (Å²) in [6.45, 7) is 6.12. The molecule has 7 heteroatoms. The molecular formula is C23H31N3O3S. The van der Waals surface area contributed by atoms with Gasteiger partial charge >= 0.3 is 0 Å². The van der Waals surface area contributed by atoms with E-state index in [1.54, 1.807) is 13.0 Å². The maximum atomic E-state index is 13.0. The van der Waals surface area contributed by atoms with Gasteiger partial charge in [-0.05, 0) is 68.6 Å². The summed E-state index contributed by atoms with van der Waals surface area (Å²) in [5, 5.41) is 3.04. The number of carbonyl (C=O) groups is 1. The highest BCUT2D eigenvalue weighted by Gasteiger charge is 2.26. The van der Waals surface area contributed by atoms with E-state index >= 15 is 0 Å². The molecule has 0 radical (unpaired) electrons. The Morgan fingerprint density at radius 3 is 2.33 bits per heavy atom. The molecule has 1 aliphatic rings. The second kappa shape index (κ2) is 9.29. The maximum Gasteiger partial charge on any atom is 0.251 e. The summed E-state index contributed by atoms with van der Waals surface area (Å²) >= 11 is 0. The monoisotopic (exact) mass is 429 g/mol. The van der Waals surface area contributed by atoms with E-state index in [1.807, 2.05) is 25.1 Å². The zero-order chi connectivity index (χ0) is 21.9. The first-order chi connectivity index (χ1) is 14.2. The van der Waals surface area contributed by atoms with Crippen molar-refractivity contribution in [3.63, 3.8) is 0 Å². The molecule has 0 bridgehead atoms. The van der Waals surface area contributed by atoms with Crippen LogP contribution in [0.4, 0.5) is 0 Å². The lowest BCUT2D eigenvalue weighted by molar-refractivity contribution is 0.0937. The van der Waals surface area contributed by atoms with E-state index in [1.165, 1.54) is 42.9 Å². The number of amides is 1. The van der Waals surface area contributed by atoms with Gasteiger partial charge in [-0.2, -0.15) is 0 Å². The second-order valence-corrected chi connectivity index (χ2v) is 10.2. The Hall–Kier alpha value is -2.22. The third kappa shape index (κ3) is 4.74. The lowest BCUT2D eigenvalue weighted by Crippen LogP contribution is -2.37.